The first-order valence-corrected chi connectivity index (χ1v) is 8.56. The molecule has 0 fully saturated rings. The molecule has 1 aromatic rings. The van der Waals surface area contributed by atoms with Crippen molar-refractivity contribution in [1.29, 1.82) is 0 Å². The van der Waals surface area contributed by atoms with Crippen LogP contribution < -0.4 is 10.6 Å². The Morgan fingerprint density at radius 2 is 1.96 bits per heavy atom. The average Bonchev–Trinajstić information content (AvgIpc) is 2.47. The number of hydrogen-bond acceptors (Lipinski definition) is 2. The minimum atomic E-state index is 0. The number of amides is 1. The number of aliphatic imine (C=N–C) groups is 1. The van der Waals surface area contributed by atoms with Crippen LogP contribution >= 0.6 is 39.9 Å². The fraction of sp³-hybridized carbons (Fsp3) is 0.529. The van der Waals surface area contributed by atoms with Crippen LogP contribution in [0.3, 0.4) is 0 Å². The van der Waals surface area contributed by atoms with Crippen LogP contribution in [0.15, 0.2) is 27.7 Å². The predicted octanol–water partition coefficient (Wildman–Crippen LogP) is 3.15. The van der Waals surface area contributed by atoms with Crippen molar-refractivity contribution < 1.29 is 4.79 Å². The number of hydrogen-bond donors (Lipinski definition) is 2. The van der Waals surface area contributed by atoms with Gasteiger partial charge >= 0.3 is 0 Å². The van der Waals surface area contributed by atoms with E-state index in [0.29, 0.717) is 18.4 Å². The normalized spacial score (nSPS) is 11.0. The number of carbonyl (C=O) groups is 1. The highest BCUT2D eigenvalue weighted by Crippen LogP contribution is 2.16. The van der Waals surface area contributed by atoms with E-state index in [1.807, 2.05) is 6.07 Å². The van der Waals surface area contributed by atoms with E-state index in [2.05, 4.69) is 64.5 Å². The van der Waals surface area contributed by atoms with Gasteiger partial charge in [-0.2, -0.15) is 0 Å². The maximum atomic E-state index is 11.7. The lowest BCUT2D eigenvalue weighted by atomic mass is 10.1. The summed E-state index contributed by atoms with van der Waals surface area (Å²) in [7, 11) is 3.49. The highest BCUT2D eigenvalue weighted by atomic mass is 127. The number of rotatable bonds is 6. The van der Waals surface area contributed by atoms with Gasteiger partial charge in [-0.05, 0) is 36.1 Å². The summed E-state index contributed by atoms with van der Waals surface area (Å²) in [5, 5.41) is 6.37. The summed E-state index contributed by atoms with van der Waals surface area (Å²) in [6, 6.07) is 6.16. The van der Waals surface area contributed by atoms with Crippen LogP contribution in [-0.2, 0) is 11.3 Å². The van der Waals surface area contributed by atoms with Crippen molar-refractivity contribution in [3.05, 3.63) is 33.8 Å². The quantitative estimate of drug-likeness (QED) is 0.351. The Hall–Kier alpha value is -0.830. The highest BCUT2D eigenvalue weighted by Gasteiger charge is 2.07. The fourth-order valence-corrected chi connectivity index (χ4v) is 2.27. The summed E-state index contributed by atoms with van der Waals surface area (Å²) in [6.45, 7) is 7.95. The number of guanidine groups is 1. The number of benzene rings is 1. The van der Waals surface area contributed by atoms with Crippen molar-refractivity contribution >= 4 is 51.8 Å². The van der Waals surface area contributed by atoms with E-state index in [1.165, 1.54) is 5.56 Å². The monoisotopic (exact) mass is 510 g/mol. The summed E-state index contributed by atoms with van der Waals surface area (Å²) >= 11 is 3.47. The van der Waals surface area contributed by atoms with Crippen molar-refractivity contribution in [3.63, 3.8) is 0 Å². The number of likely N-dealkylation sites (N-methyl/N-ethyl adjacent to an activating group) is 1. The van der Waals surface area contributed by atoms with Gasteiger partial charge in [-0.15, -0.1) is 24.0 Å². The van der Waals surface area contributed by atoms with Crippen molar-refractivity contribution in [2.24, 2.45) is 10.9 Å². The molecule has 136 valence electrons. The van der Waals surface area contributed by atoms with Gasteiger partial charge in [0.25, 0.3) is 0 Å². The van der Waals surface area contributed by atoms with Gasteiger partial charge in [-0.1, -0.05) is 35.8 Å². The molecule has 0 heterocycles. The second-order valence-electron chi connectivity index (χ2n) is 6.15. The first-order chi connectivity index (χ1) is 10.8. The highest BCUT2D eigenvalue weighted by molar-refractivity contribution is 14.0. The summed E-state index contributed by atoms with van der Waals surface area (Å²) in [5.74, 6) is 1.18. The van der Waals surface area contributed by atoms with Crippen LogP contribution in [0.5, 0.6) is 0 Å². The molecule has 0 aliphatic carbocycles. The molecule has 0 aliphatic rings. The molecule has 1 amide bonds. The molecule has 0 bridgehead atoms. The second-order valence-corrected chi connectivity index (χ2v) is 7.07. The lowest BCUT2D eigenvalue weighted by molar-refractivity contribution is -0.127. The minimum absolute atomic E-state index is 0. The van der Waals surface area contributed by atoms with Gasteiger partial charge in [0.05, 0.1) is 13.1 Å². The van der Waals surface area contributed by atoms with Crippen LogP contribution in [0.2, 0.25) is 0 Å². The Balaban J connectivity index is 0.00000529. The lowest BCUT2D eigenvalue weighted by Gasteiger charge is -2.16. The summed E-state index contributed by atoms with van der Waals surface area (Å²) in [4.78, 5) is 17.9. The van der Waals surface area contributed by atoms with Crippen molar-refractivity contribution in [2.75, 3.05) is 27.2 Å². The van der Waals surface area contributed by atoms with Gasteiger partial charge in [0, 0.05) is 25.1 Å². The molecular weight excluding hydrogens is 483 g/mol. The molecule has 0 saturated carbocycles. The molecule has 24 heavy (non-hydrogen) atoms. The van der Waals surface area contributed by atoms with Crippen LogP contribution in [0.1, 0.15) is 25.0 Å². The van der Waals surface area contributed by atoms with Crippen molar-refractivity contribution in [3.8, 4) is 0 Å². The second kappa shape index (κ2) is 11.7. The number of aryl methyl sites for hydroxylation is 1. The molecule has 0 saturated heterocycles. The number of carbonyl (C=O) groups excluding carboxylic acids is 1. The van der Waals surface area contributed by atoms with Crippen LogP contribution in [0.4, 0.5) is 0 Å². The zero-order chi connectivity index (χ0) is 17.4. The van der Waals surface area contributed by atoms with Gasteiger partial charge in [-0.25, -0.2) is 4.99 Å². The molecule has 0 spiro atoms. The third-order valence-electron chi connectivity index (χ3n) is 3.30. The molecule has 5 nitrogen and oxygen atoms in total. The third kappa shape index (κ3) is 8.86. The van der Waals surface area contributed by atoms with Crippen LogP contribution in [0, 0.1) is 12.8 Å². The first kappa shape index (κ1) is 23.2. The Labute approximate surface area is 170 Å². The molecule has 0 aromatic heterocycles. The predicted molar refractivity (Wildman–Crippen MR) is 115 cm³/mol. The van der Waals surface area contributed by atoms with Gasteiger partial charge in [0.2, 0.25) is 5.91 Å². The summed E-state index contributed by atoms with van der Waals surface area (Å²) in [5.41, 5.74) is 2.36. The first-order valence-electron chi connectivity index (χ1n) is 7.77. The van der Waals surface area contributed by atoms with Crippen molar-refractivity contribution in [2.45, 2.75) is 27.3 Å². The van der Waals surface area contributed by atoms with Gasteiger partial charge in [0.1, 0.15) is 0 Å². The largest absolute Gasteiger partial charge is 0.356 e. The number of nitrogens with one attached hydrogen (secondary N) is 2. The van der Waals surface area contributed by atoms with Crippen molar-refractivity contribution in [1.82, 2.24) is 15.5 Å². The number of halogens is 2. The maximum absolute atomic E-state index is 11.7. The van der Waals surface area contributed by atoms with Crippen LogP contribution in [-0.4, -0.2) is 44.0 Å². The molecule has 2 N–H and O–H groups in total. The third-order valence-corrected chi connectivity index (χ3v) is 3.79. The van der Waals surface area contributed by atoms with Gasteiger partial charge in [0.15, 0.2) is 5.96 Å². The Morgan fingerprint density at radius 1 is 1.29 bits per heavy atom. The van der Waals surface area contributed by atoms with E-state index >= 15 is 0 Å². The molecule has 0 aliphatic heterocycles. The van der Waals surface area contributed by atoms with E-state index in [4.69, 9.17) is 0 Å². The number of nitrogens with zero attached hydrogens (tertiary/aromatic N) is 2. The molecule has 7 heteroatoms. The standard InChI is InChI=1S/C17H27BrN4O.HI/c1-12(2)9-19-17(21-11-16(23)22(4)5)20-10-14-6-7-15(18)8-13(14)3;/h6-8,12H,9-11H2,1-5H3,(H2,19,20,21);1H. The Bertz CT molecular complexity index is 562. The zero-order valence-corrected chi connectivity index (χ0v) is 18.9. The minimum Gasteiger partial charge on any atom is -0.356 e. The Morgan fingerprint density at radius 3 is 2.50 bits per heavy atom. The molecular formula is C17H28BrIN4O. The Kier molecular flexibility index (Phi) is 11.3. The molecule has 1 rings (SSSR count). The van der Waals surface area contributed by atoms with Gasteiger partial charge in [-0.3, -0.25) is 4.79 Å². The molecule has 0 atom stereocenters. The maximum Gasteiger partial charge on any atom is 0.241 e. The van der Waals surface area contributed by atoms with Gasteiger partial charge < -0.3 is 15.5 Å². The molecule has 0 unspecified atom stereocenters. The molecule has 1 aromatic carbocycles. The van der Waals surface area contributed by atoms with E-state index in [-0.39, 0.29) is 36.4 Å². The summed E-state index contributed by atoms with van der Waals surface area (Å²) < 4.78 is 1.07. The SMILES string of the molecule is Cc1cc(Br)ccc1CN=C(NCC(=O)N(C)C)NCC(C)C.I. The zero-order valence-electron chi connectivity index (χ0n) is 15.0. The lowest BCUT2D eigenvalue weighted by Crippen LogP contribution is -2.44. The molecule has 0 radical (unpaired) electrons. The van der Waals surface area contributed by atoms with E-state index in [0.717, 1.165) is 16.6 Å². The topological polar surface area (TPSA) is 56.7 Å². The fourth-order valence-electron chi connectivity index (χ4n) is 1.79. The smallest absolute Gasteiger partial charge is 0.241 e. The summed E-state index contributed by atoms with van der Waals surface area (Å²) in [6.07, 6.45) is 0. The van der Waals surface area contributed by atoms with E-state index in [1.54, 1.807) is 19.0 Å². The average molecular weight is 511 g/mol. The van der Waals surface area contributed by atoms with E-state index < -0.39 is 0 Å². The van der Waals surface area contributed by atoms with Crippen LogP contribution in [0.25, 0.3) is 0 Å². The van der Waals surface area contributed by atoms with E-state index in [9.17, 15) is 4.79 Å².